The zero-order valence-electron chi connectivity index (χ0n) is 6.36. The molecule has 70 valence electrons. The number of halogens is 2. The van der Waals surface area contributed by atoms with Gasteiger partial charge in [0.1, 0.15) is 22.1 Å². The van der Waals surface area contributed by atoms with Gasteiger partial charge in [-0.1, -0.05) is 0 Å². The van der Waals surface area contributed by atoms with Crippen molar-refractivity contribution in [3.63, 3.8) is 0 Å². The summed E-state index contributed by atoms with van der Waals surface area (Å²) in [5.74, 6) is 0. The molecule has 3 rings (SSSR count). The van der Waals surface area contributed by atoms with Crippen LogP contribution < -0.4 is 0 Å². The molecule has 0 aliphatic heterocycles. The van der Waals surface area contributed by atoms with Crippen molar-refractivity contribution in [2.24, 2.45) is 0 Å². The van der Waals surface area contributed by atoms with Gasteiger partial charge in [0.2, 0.25) is 0 Å². The van der Waals surface area contributed by atoms with Gasteiger partial charge in [-0.2, -0.15) is 17.5 Å². The molecule has 3 aromatic rings. The molecule has 0 spiro atoms. The van der Waals surface area contributed by atoms with E-state index < -0.39 is 0 Å². The Morgan fingerprint density at radius 2 is 1.00 bits per heavy atom. The van der Waals surface area contributed by atoms with Gasteiger partial charge in [-0.3, -0.25) is 0 Å². The van der Waals surface area contributed by atoms with Gasteiger partial charge >= 0.3 is 0 Å². The molecular weight excluding hydrogens is 352 g/mol. The molecule has 2 heterocycles. The monoisotopic (exact) mass is 350 g/mol. The summed E-state index contributed by atoms with van der Waals surface area (Å²) in [6, 6.07) is 0. The predicted molar refractivity (Wildman–Crippen MR) is 63.8 cm³/mol. The molecule has 8 heteroatoms. The quantitative estimate of drug-likeness (QED) is 0.624. The smallest absolute Gasteiger partial charge is 0.135 e. The summed E-state index contributed by atoms with van der Waals surface area (Å²) < 4.78 is 18.6. The molecule has 0 radical (unpaired) electrons. The van der Waals surface area contributed by atoms with Gasteiger partial charge in [-0.25, -0.2) is 0 Å². The number of hydrogen-bond donors (Lipinski definition) is 0. The standard InChI is InChI=1S/C6Br2N4S2/c7-1-2(8)4-6(12-14-10-4)5-3(1)9-13-11-5. The summed E-state index contributed by atoms with van der Waals surface area (Å²) in [6.45, 7) is 0. The first-order valence-electron chi connectivity index (χ1n) is 3.50. The van der Waals surface area contributed by atoms with Crippen molar-refractivity contribution in [1.82, 2.24) is 17.5 Å². The Morgan fingerprint density at radius 1 is 0.643 bits per heavy atom. The highest BCUT2D eigenvalue weighted by atomic mass is 79.9. The third kappa shape index (κ3) is 1.08. The molecule has 0 amide bonds. The molecular formula is C6Br2N4S2. The van der Waals surface area contributed by atoms with Gasteiger partial charge in [0.15, 0.2) is 0 Å². The van der Waals surface area contributed by atoms with Crippen LogP contribution in [0.5, 0.6) is 0 Å². The molecule has 4 nitrogen and oxygen atoms in total. The largest absolute Gasteiger partial charge is 0.172 e. The number of hydrogen-bond acceptors (Lipinski definition) is 6. The summed E-state index contributed by atoms with van der Waals surface area (Å²) in [4.78, 5) is 0. The van der Waals surface area contributed by atoms with Crippen LogP contribution in [0.3, 0.4) is 0 Å². The highest BCUT2D eigenvalue weighted by molar-refractivity contribution is 9.13. The summed E-state index contributed by atoms with van der Waals surface area (Å²) in [5.41, 5.74) is 3.30. The minimum atomic E-state index is 0.814. The Labute approximate surface area is 103 Å². The second kappa shape index (κ2) is 3.16. The Morgan fingerprint density at radius 3 is 1.43 bits per heavy atom. The van der Waals surface area contributed by atoms with Crippen molar-refractivity contribution in [3.05, 3.63) is 8.95 Å². The Bertz CT molecular complexity index is 576. The minimum absolute atomic E-state index is 0.814. The number of fused-ring (bicyclic) bond motifs is 3. The fourth-order valence-corrected chi connectivity index (χ4v) is 3.46. The lowest BCUT2D eigenvalue weighted by Gasteiger charge is -1.96. The fraction of sp³-hybridized carbons (Fsp3) is 0. The second-order valence-electron chi connectivity index (χ2n) is 2.55. The van der Waals surface area contributed by atoms with Gasteiger partial charge in [0, 0.05) is 0 Å². The van der Waals surface area contributed by atoms with Crippen molar-refractivity contribution < 1.29 is 0 Å². The molecule has 14 heavy (non-hydrogen) atoms. The van der Waals surface area contributed by atoms with Crippen LogP contribution in [-0.2, 0) is 0 Å². The summed E-state index contributed by atoms with van der Waals surface area (Å²) in [5, 5.41) is 0. The summed E-state index contributed by atoms with van der Waals surface area (Å²) >= 11 is 9.28. The zero-order valence-corrected chi connectivity index (χ0v) is 11.2. The van der Waals surface area contributed by atoms with Crippen LogP contribution in [0.4, 0.5) is 0 Å². The molecule has 0 aliphatic rings. The highest BCUT2D eigenvalue weighted by Gasteiger charge is 2.16. The minimum Gasteiger partial charge on any atom is -0.172 e. The van der Waals surface area contributed by atoms with Crippen LogP contribution in [0.1, 0.15) is 0 Å². The van der Waals surface area contributed by atoms with Crippen molar-refractivity contribution in [1.29, 1.82) is 0 Å². The molecule has 0 N–H and O–H groups in total. The van der Waals surface area contributed by atoms with Crippen LogP contribution in [0.25, 0.3) is 22.1 Å². The van der Waals surface area contributed by atoms with Crippen molar-refractivity contribution in [2.75, 3.05) is 0 Å². The molecule has 0 aliphatic carbocycles. The van der Waals surface area contributed by atoms with Crippen LogP contribution >= 0.6 is 55.3 Å². The third-order valence-corrected chi connectivity index (χ3v) is 4.94. The van der Waals surface area contributed by atoms with E-state index in [2.05, 4.69) is 49.4 Å². The second-order valence-corrected chi connectivity index (χ2v) is 5.19. The SMILES string of the molecule is Brc1c(Br)c2nsnc2c2nsnc12. The van der Waals surface area contributed by atoms with E-state index in [9.17, 15) is 0 Å². The van der Waals surface area contributed by atoms with Gasteiger partial charge in [0.25, 0.3) is 0 Å². The van der Waals surface area contributed by atoms with Gasteiger partial charge in [-0.15, -0.1) is 0 Å². The van der Waals surface area contributed by atoms with E-state index in [0.717, 1.165) is 31.0 Å². The van der Waals surface area contributed by atoms with E-state index in [1.54, 1.807) is 0 Å². The number of aromatic nitrogens is 4. The topological polar surface area (TPSA) is 51.6 Å². The van der Waals surface area contributed by atoms with E-state index >= 15 is 0 Å². The van der Waals surface area contributed by atoms with Crippen molar-refractivity contribution in [3.8, 4) is 0 Å². The Hall–Kier alpha value is -0.180. The number of nitrogens with zero attached hydrogens (tertiary/aromatic N) is 4. The van der Waals surface area contributed by atoms with E-state index in [1.807, 2.05) is 0 Å². The van der Waals surface area contributed by atoms with Crippen LogP contribution in [0, 0.1) is 0 Å². The van der Waals surface area contributed by atoms with Crippen LogP contribution in [-0.4, -0.2) is 17.5 Å². The molecule has 1 aromatic carbocycles. The average Bonchev–Trinajstić information content (AvgIpc) is 2.80. The maximum absolute atomic E-state index is 4.20. The van der Waals surface area contributed by atoms with E-state index in [-0.39, 0.29) is 0 Å². The molecule has 2 aromatic heterocycles. The Kier molecular flexibility index (Phi) is 2.05. The van der Waals surface area contributed by atoms with Gasteiger partial charge in [-0.05, 0) is 31.9 Å². The molecule has 0 atom stereocenters. The first-order valence-corrected chi connectivity index (χ1v) is 6.55. The Balaban J connectivity index is 2.73. The van der Waals surface area contributed by atoms with E-state index in [0.29, 0.717) is 0 Å². The lowest BCUT2D eigenvalue weighted by atomic mass is 10.3. The van der Waals surface area contributed by atoms with Crippen LogP contribution in [0.15, 0.2) is 8.95 Å². The maximum Gasteiger partial charge on any atom is 0.135 e. The van der Waals surface area contributed by atoms with Crippen molar-refractivity contribution >= 4 is 77.4 Å². The predicted octanol–water partition coefficient (Wildman–Crippen LogP) is 3.22. The lowest BCUT2D eigenvalue weighted by Crippen LogP contribution is -1.80. The lowest BCUT2D eigenvalue weighted by molar-refractivity contribution is 1.56. The highest BCUT2D eigenvalue weighted by Crippen LogP contribution is 2.37. The first kappa shape index (κ1) is 9.08. The molecule has 0 bridgehead atoms. The molecule has 0 saturated carbocycles. The number of benzene rings is 1. The average molecular weight is 352 g/mol. The fourth-order valence-electron chi connectivity index (χ4n) is 1.18. The maximum atomic E-state index is 4.20. The summed E-state index contributed by atoms with van der Waals surface area (Å²) in [6.07, 6.45) is 0. The third-order valence-electron chi connectivity index (χ3n) is 1.81. The summed E-state index contributed by atoms with van der Waals surface area (Å²) in [7, 11) is 0. The van der Waals surface area contributed by atoms with E-state index in [1.165, 1.54) is 23.5 Å². The number of rotatable bonds is 0. The van der Waals surface area contributed by atoms with Crippen LogP contribution in [0.2, 0.25) is 0 Å². The van der Waals surface area contributed by atoms with Gasteiger partial charge < -0.3 is 0 Å². The zero-order chi connectivity index (χ0) is 9.71. The molecule has 0 unspecified atom stereocenters. The van der Waals surface area contributed by atoms with E-state index in [4.69, 9.17) is 0 Å². The molecule has 0 saturated heterocycles. The van der Waals surface area contributed by atoms with Gasteiger partial charge in [0.05, 0.1) is 32.4 Å². The molecule has 0 fully saturated rings. The van der Waals surface area contributed by atoms with Crippen molar-refractivity contribution in [2.45, 2.75) is 0 Å². The first-order chi connectivity index (χ1) is 6.79. The normalized spacial score (nSPS) is 11.6.